The number of pyridine rings is 3. The summed E-state index contributed by atoms with van der Waals surface area (Å²) in [4.78, 5) is 45.1. The van der Waals surface area contributed by atoms with Crippen molar-refractivity contribution in [2.24, 2.45) is 0 Å². The summed E-state index contributed by atoms with van der Waals surface area (Å²) in [6.07, 6.45) is 9.64. The fourth-order valence-electron chi connectivity index (χ4n) is 13.8. The Morgan fingerprint density at radius 2 is 0.773 bits per heavy atom. The van der Waals surface area contributed by atoms with Crippen LogP contribution in [0.15, 0.2) is 256 Å². The second-order valence-corrected chi connectivity index (χ2v) is 50.9. The van der Waals surface area contributed by atoms with Gasteiger partial charge in [0.05, 0.1) is 52.0 Å². The summed E-state index contributed by atoms with van der Waals surface area (Å²) in [5, 5.41) is 37.2. The molecule has 0 aliphatic carbocycles. The third-order valence-electron chi connectivity index (χ3n) is 18.2. The Bertz CT molecular complexity index is 5430. The molecule has 2 aliphatic rings. The third kappa shape index (κ3) is 21.3. The van der Waals surface area contributed by atoms with Gasteiger partial charge in [0.1, 0.15) is 13.7 Å². The molecule has 12 nitrogen and oxygen atoms in total. The van der Waals surface area contributed by atoms with Crippen molar-refractivity contribution in [1.82, 2.24) is 15.0 Å². The largest absolute Gasteiger partial charge is 0.512 e. The number of nitrogens with zero attached hydrogens (tertiary/aromatic N) is 3. The van der Waals surface area contributed by atoms with Gasteiger partial charge in [-0.2, -0.15) is 0 Å². The second-order valence-electron chi connectivity index (χ2n) is 30.1. The molecule has 0 fully saturated rings. The summed E-state index contributed by atoms with van der Waals surface area (Å²) >= 11 is 0. The van der Waals surface area contributed by atoms with Crippen molar-refractivity contribution in [2.75, 3.05) is 0 Å². The quantitative estimate of drug-likeness (QED) is 0.0480. The zero-order valence-electron chi connectivity index (χ0n) is 65.4. The first kappa shape index (κ1) is 90.3. The molecular formula is C90H94Ir3N3O9SSi4-3. The molecule has 0 saturated heterocycles. The molecule has 12 aromatic rings. The van der Waals surface area contributed by atoms with Crippen molar-refractivity contribution in [3.05, 3.63) is 277 Å². The fraction of sp³-hybridized carbons (Fsp3) is 0.200. The van der Waals surface area contributed by atoms with Crippen molar-refractivity contribution >= 4 is 118 Å². The fourth-order valence-corrected chi connectivity index (χ4v) is 25.7. The van der Waals surface area contributed by atoms with Crippen LogP contribution in [0.2, 0.25) is 58.9 Å². The number of sulfone groups is 1. The van der Waals surface area contributed by atoms with Crippen LogP contribution < -0.4 is 36.3 Å². The number of fused-ring (bicyclic) bond motifs is 9. The Morgan fingerprint density at radius 3 is 1.19 bits per heavy atom. The normalized spacial score (nSPS) is 12.8. The first-order valence-electron chi connectivity index (χ1n) is 35.5. The predicted molar refractivity (Wildman–Crippen MR) is 451 cm³/mol. The van der Waals surface area contributed by atoms with Crippen LogP contribution >= 0.6 is 0 Å². The van der Waals surface area contributed by atoms with Crippen LogP contribution in [-0.2, 0) is 84.5 Å². The first-order chi connectivity index (χ1) is 50.4. The van der Waals surface area contributed by atoms with Gasteiger partial charge in [-0.05, 0) is 128 Å². The number of carbonyl (C=O) groups is 3. The van der Waals surface area contributed by atoms with Crippen LogP contribution in [0.1, 0.15) is 58.2 Å². The molecule has 0 saturated carbocycles. The van der Waals surface area contributed by atoms with E-state index in [9.17, 15) is 22.8 Å². The average molecular weight is 2080 g/mol. The van der Waals surface area contributed by atoms with Gasteiger partial charge in [0.2, 0.25) is 0 Å². The number of allylic oxidation sites excluding steroid dienone is 6. The molecule has 0 unspecified atom stereocenters. The molecular weight excluding hydrogens is 1990 g/mol. The van der Waals surface area contributed by atoms with Gasteiger partial charge in [0.25, 0.3) is 0 Å². The van der Waals surface area contributed by atoms with Crippen molar-refractivity contribution in [2.45, 2.75) is 131 Å². The number of aromatic nitrogens is 3. The Hall–Kier alpha value is -8.59. The summed E-state index contributed by atoms with van der Waals surface area (Å²) in [7, 11) is -10.1. The number of ketones is 3. The first-order valence-corrected chi connectivity index (χ1v) is 49.5. The number of carbonyl (C=O) groups excluding carboxylic acids is 3. The van der Waals surface area contributed by atoms with Crippen LogP contribution in [0.3, 0.4) is 0 Å². The molecule has 0 spiro atoms. The smallest absolute Gasteiger partial charge is 0.173 e. The summed E-state index contributed by atoms with van der Waals surface area (Å²) in [5.41, 5.74) is 15.6. The molecule has 6 heterocycles. The molecule has 14 rings (SSSR count). The zero-order chi connectivity index (χ0) is 78.1. The van der Waals surface area contributed by atoms with Gasteiger partial charge in [0, 0.05) is 103 Å². The monoisotopic (exact) mass is 2080 g/mol. The molecule has 20 heteroatoms. The molecule has 3 N–H and O–H groups in total. The molecule has 0 amide bonds. The van der Waals surface area contributed by atoms with Gasteiger partial charge in [0.15, 0.2) is 27.2 Å². The Morgan fingerprint density at radius 1 is 0.400 bits per heavy atom. The summed E-state index contributed by atoms with van der Waals surface area (Å²) < 4.78 is 31.3. The number of para-hydroxylation sites is 1. The van der Waals surface area contributed by atoms with E-state index in [1.165, 1.54) is 124 Å². The number of aryl methyl sites for hydroxylation is 3. The average Bonchev–Trinajstić information content (AvgIpc) is 1.46. The Kier molecular flexibility index (Phi) is 31.3. The van der Waals surface area contributed by atoms with Crippen LogP contribution in [0.4, 0.5) is 0 Å². The van der Waals surface area contributed by atoms with Crippen molar-refractivity contribution in [3.8, 4) is 56.0 Å². The second kappa shape index (κ2) is 38.1. The Balaban J connectivity index is 0.000000228. The van der Waals surface area contributed by atoms with Gasteiger partial charge in [-0.15, -0.1) is 76.5 Å². The van der Waals surface area contributed by atoms with Crippen molar-refractivity contribution in [1.29, 1.82) is 0 Å². The number of aliphatic hydroxyl groups is 3. The van der Waals surface area contributed by atoms with E-state index in [4.69, 9.17) is 29.7 Å². The third-order valence-corrected chi connectivity index (χ3v) is 31.3. The topological polar surface area (TPSA) is 198 Å². The molecule has 4 aromatic heterocycles. The summed E-state index contributed by atoms with van der Waals surface area (Å²) in [6.45, 7) is 36.2. The molecule has 0 atom stereocenters. The maximum atomic E-state index is 12.7. The SMILES string of the molecule is CC(=O)C=C(C)O.CC(=O)C=C(C)O.CC(=O)C=C(C)O.Cc1cc(-c2[c-]cc3c(c2)-c2ccccc2S3(=O)=O)ncc1[Si](C)(C)C.Cc1cc(-c2[c-]cc3c(c2)-c2ccccc2[Si]3(c2ccccc2)c2ccccc2)ncc1[Si](C)(C)C.Cc1cc(-c2[c-]cc3oc4ccccc4c3c2)ncc1[Si](C)(C)C.[Ir].[Ir].[Ir]. The van der Waals surface area contributed by atoms with E-state index in [1.807, 2.05) is 48.7 Å². The van der Waals surface area contributed by atoms with Crippen molar-refractivity contribution in [3.63, 3.8) is 0 Å². The molecule has 0 bridgehead atoms. The van der Waals surface area contributed by atoms with Gasteiger partial charge < -0.3 is 34.7 Å². The maximum Gasteiger partial charge on any atom is 0.173 e. The number of hydrogen-bond donors (Lipinski definition) is 3. The van der Waals surface area contributed by atoms with E-state index < -0.39 is 42.1 Å². The number of hydrogen-bond acceptors (Lipinski definition) is 12. The van der Waals surface area contributed by atoms with E-state index in [2.05, 4.69) is 243 Å². The molecule has 3 radical (unpaired) electrons. The summed E-state index contributed by atoms with van der Waals surface area (Å²) in [5.74, 6) is -0.187. The minimum Gasteiger partial charge on any atom is -0.512 e. The minimum absolute atomic E-state index is 0. The predicted octanol–water partition coefficient (Wildman–Crippen LogP) is 17.4. The van der Waals surface area contributed by atoms with Gasteiger partial charge in [-0.1, -0.05) is 242 Å². The standard InChI is InChI=1S/C33H30NSi2.C21H20NO2SSi.C21H20NOSi.3C5H8O2.3Ir/c1-24-21-30(34-23-33(24)35(2,3)4)25-19-20-32-29(22-25)28-17-11-12-18-31(28)36(32,26-13-7-5-8-14-26)27-15-9-6-10-16-27;1-14-11-18(22-13-21(14)26(2,3)4)15-9-10-20-17(12-15)16-7-5-6-8-19(16)25(20,23)24;1-14-11-18(22-13-21(14)24(2,3)4)15-9-10-20-17(12-15)16-7-5-6-8-19(16)23-20;3*1-4(6)3-5(2)7;;;/h5-18,20-23H,1-4H3;5-8,10-13H,1-4H3;5-8,10-13H,1-4H3;3*3,6H,1-2H3;;;/q3*-1;;;;;;. The van der Waals surface area contributed by atoms with Crippen LogP contribution in [-0.4, -0.2) is 88.3 Å². The molecule has 110 heavy (non-hydrogen) atoms. The Labute approximate surface area is 693 Å². The van der Waals surface area contributed by atoms with Gasteiger partial charge in [-0.25, -0.2) is 8.42 Å². The van der Waals surface area contributed by atoms with Crippen LogP contribution in [0, 0.1) is 39.0 Å². The van der Waals surface area contributed by atoms with E-state index in [1.54, 1.807) is 18.2 Å². The van der Waals surface area contributed by atoms with E-state index >= 15 is 0 Å². The van der Waals surface area contributed by atoms with Gasteiger partial charge >= 0.3 is 0 Å². The maximum absolute atomic E-state index is 12.7. The van der Waals surface area contributed by atoms with Gasteiger partial charge in [-0.3, -0.25) is 14.4 Å². The van der Waals surface area contributed by atoms with Crippen LogP contribution in [0.25, 0.3) is 78.0 Å². The van der Waals surface area contributed by atoms with Crippen molar-refractivity contribution < 1.29 is 103 Å². The molecule has 2 aliphatic heterocycles. The number of rotatable bonds is 11. The molecule has 575 valence electrons. The zero-order valence-corrected chi connectivity index (χ0v) is 77.4. The number of benzene rings is 8. The van der Waals surface area contributed by atoms with E-state index in [0.29, 0.717) is 9.79 Å². The number of aliphatic hydroxyl groups excluding tert-OH is 3. The molecule has 8 aromatic carbocycles. The van der Waals surface area contributed by atoms with E-state index in [0.717, 1.165) is 66.8 Å². The minimum atomic E-state index is -3.44. The number of furan rings is 1. The summed E-state index contributed by atoms with van der Waals surface area (Å²) in [6, 6.07) is 75.3. The van der Waals surface area contributed by atoms with Crippen LogP contribution in [0.5, 0.6) is 0 Å². The van der Waals surface area contributed by atoms with E-state index in [-0.39, 0.29) is 94.9 Å².